The molecule has 1 aliphatic carbocycles. The van der Waals surface area contributed by atoms with Gasteiger partial charge in [0.05, 0.1) is 0 Å². The van der Waals surface area contributed by atoms with Gasteiger partial charge in [-0.3, -0.25) is 4.79 Å². The average Bonchev–Trinajstić information content (AvgIpc) is 2.78. The molecule has 2 aliphatic heterocycles. The zero-order valence-corrected chi connectivity index (χ0v) is 12.9. The highest BCUT2D eigenvalue weighted by atomic mass is 16.1. The zero-order valence-electron chi connectivity index (χ0n) is 12.9. The van der Waals surface area contributed by atoms with Gasteiger partial charge in [-0.1, -0.05) is 19.3 Å². The smallest absolute Gasteiger partial charge is 0.220 e. The standard InChI is InChI=1S/C17H30N2O/c1-12(14-5-3-2-4-6-14)18-17(20)11-13-9-15-7-8-16(10-13)19-15/h12-16,19H,2-11H2,1H3,(H,18,20)/t12-,13?,15?,16?/m1/s1. The molecule has 1 amide bonds. The Bertz CT molecular complexity index is 326. The van der Waals surface area contributed by atoms with Gasteiger partial charge in [0.25, 0.3) is 0 Å². The van der Waals surface area contributed by atoms with E-state index in [9.17, 15) is 4.79 Å². The van der Waals surface area contributed by atoms with Crippen molar-refractivity contribution in [3.05, 3.63) is 0 Å². The molecule has 2 heterocycles. The second-order valence-electron chi connectivity index (χ2n) is 7.43. The average molecular weight is 278 g/mol. The molecule has 2 N–H and O–H groups in total. The first kappa shape index (κ1) is 14.4. The highest BCUT2D eigenvalue weighted by Crippen LogP contribution is 2.33. The van der Waals surface area contributed by atoms with Gasteiger partial charge in [0, 0.05) is 24.5 Å². The molecule has 0 radical (unpaired) electrons. The highest BCUT2D eigenvalue weighted by Gasteiger charge is 2.34. The van der Waals surface area contributed by atoms with Crippen LogP contribution in [0.1, 0.15) is 71.1 Å². The lowest BCUT2D eigenvalue weighted by molar-refractivity contribution is -0.123. The molecule has 20 heavy (non-hydrogen) atoms. The third kappa shape index (κ3) is 3.55. The van der Waals surface area contributed by atoms with Crippen LogP contribution >= 0.6 is 0 Å². The van der Waals surface area contributed by atoms with Crippen molar-refractivity contribution in [1.29, 1.82) is 0 Å². The molecule has 0 aromatic carbocycles. The highest BCUT2D eigenvalue weighted by molar-refractivity contribution is 5.76. The quantitative estimate of drug-likeness (QED) is 0.830. The minimum absolute atomic E-state index is 0.300. The summed E-state index contributed by atoms with van der Waals surface area (Å²) >= 11 is 0. The van der Waals surface area contributed by atoms with E-state index >= 15 is 0 Å². The molecule has 114 valence electrons. The van der Waals surface area contributed by atoms with Gasteiger partial charge in [-0.25, -0.2) is 0 Å². The second-order valence-corrected chi connectivity index (χ2v) is 7.43. The number of carbonyl (C=O) groups excluding carboxylic acids is 1. The number of hydrogen-bond acceptors (Lipinski definition) is 2. The maximum absolute atomic E-state index is 12.3. The minimum atomic E-state index is 0.300. The topological polar surface area (TPSA) is 41.1 Å². The van der Waals surface area contributed by atoms with Crippen LogP contribution in [0, 0.1) is 11.8 Å². The van der Waals surface area contributed by atoms with Gasteiger partial charge in [0.2, 0.25) is 5.91 Å². The Kier molecular flexibility index (Phi) is 4.65. The van der Waals surface area contributed by atoms with Crippen molar-refractivity contribution >= 4 is 5.91 Å². The van der Waals surface area contributed by atoms with Crippen LogP contribution in [0.3, 0.4) is 0 Å². The third-order valence-electron chi connectivity index (χ3n) is 5.79. The fourth-order valence-corrected chi connectivity index (χ4v) is 4.67. The molecule has 3 aliphatic rings. The predicted octanol–water partition coefficient (Wildman–Crippen LogP) is 2.99. The third-order valence-corrected chi connectivity index (χ3v) is 5.79. The van der Waals surface area contributed by atoms with Crippen LogP contribution in [0.2, 0.25) is 0 Å². The monoisotopic (exact) mass is 278 g/mol. The number of piperidine rings is 1. The second kappa shape index (κ2) is 6.46. The van der Waals surface area contributed by atoms with Crippen LogP contribution < -0.4 is 10.6 Å². The number of hydrogen-bond donors (Lipinski definition) is 2. The van der Waals surface area contributed by atoms with E-state index in [0.717, 1.165) is 12.3 Å². The molecule has 2 unspecified atom stereocenters. The van der Waals surface area contributed by atoms with Crippen molar-refractivity contribution in [2.24, 2.45) is 11.8 Å². The fraction of sp³-hybridized carbons (Fsp3) is 0.941. The molecule has 3 rings (SSSR count). The van der Waals surface area contributed by atoms with Gasteiger partial charge >= 0.3 is 0 Å². The van der Waals surface area contributed by atoms with Crippen molar-refractivity contribution in [3.8, 4) is 0 Å². The van der Waals surface area contributed by atoms with E-state index in [1.54, 1.807) is 0 Å². The van der Waals surface area contributed by atoms with Crippen LogP contribution in [-0.2, 0) is 4.79 Å². The normalized spacial score (nSPS) is 35.8. The number of rotatable bonds is 4. The molecule has 0 aromatic rings. The summed E-state index contributed by atoms with van der Waals surface area (Å²) in [6, 6.07) is 1.77. The van der Waals surface area contributed by atoms with E-state index in [1.807, 2.05) is 0 Å². The van der Waals surface area contributed by atoms with Crippen LogP contribution in [0.5, 0.6) is 0 Å². The Morgan fingerprint density at radius 1 is 1.10 bits per heavy atom. The summed E-state index contributed by atoms with van der Waals surface area (Å²) in [5, 5.41) is 6.94. The Labute approximate surface area is 123 Å². The Hall–Kier alpha value is -0.570. The molecular formula is C17H30N2O. The molecule has 2 saturated heterocycles. The predicted molar refractivity (Wildman–Crippen MR) is 81.5 cm³/mol. The zero-order chi connectivity index (χ0) is 13.9. The Morgan fingerprint density at radius 2 is 1.75 bits per heavy atom. The van der Waals surface area contributed by atoms with Crippen molar-refractivity contribution in [3.63, 3.8) is 0 Å². The van der Waals surface area contributed by atoms with E-state index in [1.165, 1.54) is 57.8 Å². The molecule has 2 bridgehead atoms. The maximum Gasteiger partial charge on any atom is 0.220 e. The summed E-state index contributed by atoms with van der Waals surface area (Å²) in [6.45, 7) is 2.21. The summed E-state index contributed by atoms with van der Waals surface area (Å²) in [5.41, 5.74) is 0. The molecule has 0 aromatic heterocycles. The van der Waals surface area contributed by atoms with Gasteiger partial charge in [0.15, 0.2) is 0 Å². The lowest BCUT2D eigenvalue weighted by Crippen LogP contribution is -2.42. The van der Waals surface area contributed by atoms with Crippen molar-refractivity contribution in [2.75, 3.05) is 0 Å². The number of amides is 1. The van der Waals surface area contributed by atoms with E-state index in [2.05, 4.69) is 17.6 Å². The molecule has 3 fully saturated rings. The summed E-state index contributed by atoms with van der Waals surface area (Å²) in [5.74, 6) is 1.64. The molecule has 3 atom stereocenters. The molecule has 1 saturated carbocycles. The molecule has 3 nitrogen and oxygen atoms in total. The van der Waals surface area contributed by atoms with Gasteiger partial charge < -0.3 is 10.6 Å². The lowest BCUT2D eigenvalue weighted by Gasteiger charge is -2.31. The Morgan fingerprint density at radius 3 is 2.40 bits per heavy atom. The first-order chi connectivity index (χ1) is 9.70. The summed E-state index contributed by atoms with van der Waals surface area (Å²) in [6.07, 6.45) is 12.5. The summed E-state index contributed by atoms with van der Waals surface area (Å²) in [4.78, 5) is 12.3. The van der Waals surface area contributed by atoms with E-state index in [-0.39, 0.29) is 0 Å². The van der Waals surface area contributed by atoms with Crippen LogP contribution in [0.4, 0.5) is 0 Å². The van der Waals surface area contributed by atoms with E-state index < -0.39 is 0 Å². The van der Waals surface area contributed by atoms with Crippen molar-refractivity contribution < 1.29 is 4.79 Å². The number of nitrogens with one attached hydrogen (secondary N) is 2. The van der Waals surface area contributed by atoms with Crippen molar-refractivity contribution in [1.82, 2.24) is 10.6 Å². The first-order valence-electron chi connectivity index (χ1n) is 8.76. The van der Waals surface area contributed by atoms with E-state index in [0.29, 0.717) is 30.0 Å². The minimum Gasteiger partial charge on any atom is -0.353 e. The van der Waals surface area contributed by atoms with Crippen LogP contribution in [-0.4, -0.2) is 24.0 Å². The number of carbonyl (C=O) groups is 1. The molecule has 3 heteroatoms. The van der Waals surface area contributed by atoms with Gasteiger partial charge in [-0.15, -0.1) is 0 Å². The molecular weight excluding hydrogens is 248 g/mol. The fourth-order valence-electron chi connectivity index (χ4n) is 4.67. The van der Waals surface area contributed by atoms with Gasteiger partial charge in [-0.2, -0.15) is 0 Å². The first-order valence-corrected chi connectivity index (χ1v) is 8.76. The van der Waals surface area contributed by atoms with Crippen LogP contribution in [0.25, 0.3) is 0 Å². The SMILES string of the molecule is C[C@@H](NC(=O)CC1CC2CCC(C1)N2)C1CCCCC1. The lowest BCUT2D eigenvalue weighted by atomic mass is 9.84. The van der Waals surface area contributed by atoms with Crippen LogP contribution in [0.15, 0.2) is 0 Å². The summed E-state index contributed by atoms with van der Waals surface area (Å²) < 4.78 is 0. The maximum atomic E-state index is 12.3. The van der Waals surface area contributed by atoms with Gasteiger partial charge in [-0.05, 0) is 57.3 Å². The molecule has 0 spiro atoms. The van der Waals surface area contributed by atoms with Crippen molar-refractivity contribution in [2.45, 2.75) is 89.3 Å². The largest absolute Gasteiger partial charge is 0.353 e. The van der Waals surface area contributed by atoms with Gasteiger partial charge in [0.1, 0.15) is 0 Å². The number of fused-ring (bicyclic) bond motifs is 2. The Balaban J connectivity index is 1.42. The van der Waals surface area contributed by atoms with E-state index in [4.69, 9.17) is 0 Å². The summed E-state index contributed by atoms with van der Waals surface area (Å²) in [7, 11) is 0.